The predicted octanol–water partition coefficient (Wildman–Crippen LogP) is 4.64. The molecule has 0 aliphatic heterocycles. The Balaban J connectivity index is 2.26. The fourth-order valence-electron chi connectivity index (χ4n) is 4.22. The quantitative estimate of drug-likeness (QED) is 0.543. The van der Waals surface area contributed by atoms with Gasteiger partial charge in [-0.3, -0.25) is 9.78 Å². The molecule has 174 valence electrons. The molecule has 0 unspecified atom stereocenters. The van der Waals surface area contributed by atoms with E-state index in [-0.39, 0.29) is 18.0 Å². The number of hydrogen-bond donors (Lipinski definition) is 1. The summed E-state index contributed by atoms with van der Waals surface area (Å²) >= 11 is 0. The highest BCUT2D eigenvalue weighted by atomic mass is 16.5. The summed E-state index contributed by atoms with van der Waals surface area (Å²) in [4.78, 5) is 19.8. The van der Waals surface area contributed by atoms with Crippen molar-refractivity contribution in [2.24, 2.45) is 0 Å². The summed E-state index contributed by atoms with van der Waals surface area (Å²) in [6.07, 6.45) is 3.15. The van der Waals surface area contributed by atoms with Crippen molar-refractivity contribution in [3.63, 3.8) is 0 Å². The predicted molar refractivity (Wildman–Crippen MR) is 129 cm³/mol. The van der Waals surface area contributed by atoms with E-state index < -0.39 is 5.60 Å². The molecule has 0 saturated heterocycles. The Labute approximate surface area is 195 Å². The maximum absolute atomic E-state index is 13.7. The Morgan fingerprint density at radius 3 is 1.70 bits per heavy atom. The van der Waals surface area contributed by atoms with Gasteiger partial charge >= 0.3 is 0 Å². The van der Waals surface area contributed by atoms with Crippen LogP contribution in [-0.4, -0.2) is 47.2 Å². The van der Waals surface area contributed by atoms with Gasteiger partial charge in [-0.2, -0.15) is 0 Å². The molecule has 0 radical (unpaired) electrons. The van der Waals surface area contributed by atoms with Crippen molar-refractivity contribution < 1.29 is 19.4 Å². The second kappa shape index (κ2) is 10.0. The van der Waals surface area contributed by atoms with Gasteiger partial charge in [-0.1, -0.05) is 24.3 Å². The van der Waals surface area contributed by atoms with Gasteiger partial charge < -0.3 is 19.5 Å². The maximum Gasteiger partial charge on any atom is 0.254 e. The van der Waals surface area contributed by atoms with Crippen LogP contribution >= 0.6 is 0 Å². The van der Waals surface area contributed by atoms with E-state index >= 15 is 0 Å². The van der Waals surface area contributed by atoms with Crippen molar-refractivity contribution in [1.82, 2.24) is 9.88 Å². The first kappa shape index (κ1) is 24.3. The molecule has 0 saturated carbocycles. The molecule has 0 spiro atoms. The second-order valence-electron chi connectivity index (χ2n) is 8.49. The van der Waals surface area contributed by atoms with E-state index in [4.69, 9.17) is 9.47 Å². The average Bonchev–Trinajstić information content (AvgIpc) is 2.83. The van der Waals surface area contributed by atoms with E-state index in [0.717, 1.165) is 0 Å². The van der Waals surface area contributed by atoms with Crippen LogP contribution in [0, 0.1) is 0 Å². The zero-order valence-corrected chi connectivity index (χ0v) is 20.1. The van der Waals surface area contributed by atoms with Crippen LogP contribution in [-0.2, 0) is 5.60 Å². The lowest BCUT2D eigenvalue weighted by Crippen LogP contribution is -2.43. The lowest BCUT2D eigenvalue weighted by Gasteiger charge is -2.35. The van der Waals surface area contributed by atoms with E-state index in [1.165, 1.54) is 0 Å². The smallest absolute Gasteiger partial charge is 0.254 e. The zero-order chi connectivity index (χ0) is 24.2. The third-order valence-electron chi connectivity index (χ3n) is 5.80. The molecular formula is C27H32N2O4. The molecule has 3 aromatic rings. The fraction of sp³-hybridized carbons (Fsp3) is 0.333. The molecule has 0 bridgehead atoms. The Morgan fingerprint density at radius 1 is 0.848 bits per heavy atom. The SMILES string of the molecule is COc1ccc(C(O)(c2ccc(OC)cc2)c2cnccc2C(=O)N(C(C)C)C(C)C)cc1. The molecule has 1 N–H and O–H groups in total. The number of nitrogens with zero attached hydrogens (tertiary/aromatic N) is 2. The lowest BCUT2D eigenvalue weighted by molar-refractivity contribution is 0.0628. The van der Waals surface area contributed by atoms with Crippen LogP contribution in [0.25, 0.3) is 0 Å². The molecule has 33 heavy (non-hydrogen) atoms. The van der Waals surface area contributed by atoms with Gasteiger partial charge in [0.15, 0.2) is 0 Å². The number of hydrogen-bond acceptors (Lipinski definition) is 5. The summed E-state index contributed by atoms with van der Waals surface area (Å²) in [5.41, 5.74) is 0.378. The fourth-order valence-corrected chi connectivity index (χ4v) is 4.22. The summed E-state index contributed by atoms with van der Waals surface area (Å²) in [5.74, 6) is 1.19. The molecule has 6 heteroatoms. The number of amides is 1. The number of benzene rings is 2. The van der Waals surface area contributed by atoms with Gasteiger partial charge in [0.05, 0.1) is 14.2 Å². The first-order chi connectivity index (χ1) is 15.7. The van der Waals surface area contributed by atoms with Crippen molar-refractivity contribution in [3.05, 3.63) is 89.2 Å². The minimum atomic E-state index is -1.63. The number of pyridine rings is 1. The summed E-state index contributed by atoms with van der Waals surface area (Å²) in [7, 11) is 3.18. The molecule has 1 heterocycles. The number of aliphatic hydroxyl groups is 1. The Hall–Kier alpha value is -3.38. The molecule has 2 aromatic carbocycles. The van der Waals surface area contributed by atoms with Crippen LogP contribution in [0.3, 0.4) is 0 Å². The van der Waals surface area contributed by atoms with Crippen LogP contribution in [0.15, 0.2) is 67.0 Å². The molecule has 1 aromatic heterocycles. The van der Waals surface area contributed by atoms with Gasteiger partial charge in [-0.25, -0.2) is 0 Å². The topological polar surface area (TPSA) is 71.9 Å². The number of carbonyl (C=O) groups is 1. The van der Waals surface area contributed by atoms with Crippen molar-refractivity contribution >= 4 is 5.91 Å². The van der Waals surface area contributed by atoms with E-state index in [2.05, 4.69) is 4.98 Å². The average molecular weight is 449 g/mol. The molecule has 0 aliphatic rings. The van der Waals surface area contributed by atoms with Crippen LogP contribution < -0.4 is 9.47 Å². The normalized spacial score (nSPS) is 11.5. The van der Waals surface area contributed by atoms with E-state index in [0.29, 0.717) is 33.8 Å². The molecule has 0 fully saturated rings. The van der Waals surface area contributed by atoms with Gasteiger partial charge in [0.1, 0.15) is 17.1 Å². The van der Waals surface area contributed by atoms with E-state index in [9.17, 15) is 9.90 Å². The van der Waals surface area contributed by atoms with Gasteiger partial charge in [0.25, 0.3) is 5.91 Å². The lowest BCUT2D eigenvalue weighted by atomic mass is 9.79. The number of aromatic nitrogens is 1. The number of rotatable bonds is 8. The number of methoxy groups -OCH3 is 2. The first-order valence-corrected chi connectivity index (χ1v) is 11.0. The highest BCUT2D eigenvalue weighted by Crippen LogP contribution is 2.39. The number of carbonyl (C=O) groups excluding carboxylic acids is 1. The van der Waals surface area contributed by atoms with Gasteiger partial charge in [0.2, 0.25) is 0 Å². The van der Waals surface area contributed by atoms with E-state index in [1.807, 2.05) is 27.7 Å². The molecule has 1 amide bonds. The van der Waals surface area contributed by atoms with Gasteiger partial charge in [-0.15, -0.1) is 0 Å². The van der Waals surface area contributed by atoms with Gasteiger partial charge in [-0.05, 0) is 69.2 Å². The Kier molecular flexibility index (Phi) is 7.39. The second-order valence-corrected chi connectivity index (χ2v) is 8.49. The van der Waals surface area contributed by atoms with Crippen LogP contribution in [0.1, 0.15) is 54.7 Å². The van der Waals surface area contributed by atoms with Crippen molar-refractivity contribution in [2.75, 3.05) is 14.2 Å². The molecule has 0 atom stereocenters. The minimum Gasteiger partial charge on any atom is -0.497 e. The summed E-state index contributed by atoms with van der Waals surface area (Å²) in [5, 5.41) is 12.3. The molecular weight excluding hydrogens is 416 g/mol. The molecule has 6 nitrogen and oxygen atoms in total. The summed E-state index contributed by atoms with van der Waals surface area (Å²) in [6, 6.07) is 16.0. The Bertz CT molecular complexity index is 1020. The first-order valence-electron chi connectivity index (χ1n) is 11.0. The zero-order valence-electron chi connectivity index (χ0n) is 20.1. The van der Waals surface area contributed by atoms with Crippen LogP contribution in [0.5, 0.6) is 11.5 Å². The van der Waals surface area contributed by atoms with Crippen LogP contribution in [0.4, 0.5) is 0 Å². The third-order valence-corrected chi connectivity index (χ3v) is 5.80. The summed E-state index contributed by atoms with van der Waals surface area (Å²) < 4.78 is 10.6. The van der Waals surface area contributed by atoms with Crippen molar-refractivity contribution in [1.29, 1.82) is 0 Å². The van der Waals surface area contributed by atoms with E-state index in [1.54, 1.807) is 86.1 Å². The number of ether oxygens (including phenoxy) is 2. The minimum absolute atomic E-state index is 0.00594. The van der Waals surface area contributed by atoms with Crippen molar-refractivity contribution in [2.45, 2.75) is 45.4 Å². The van der Waals surface area contributed by atoms with Crippen molar-refractivity contribution in [3.8, 4) is 11.5 Å². The maximum atomic E-state index is 13.7. The highest BCUT2D eigenvalue weighted by molar-refractivity contribution is 5.96. The molecule has 3 rings (SSSR count). The third kappa shape index (κ3) is 4.71. The monoisotopic (exact) mass is 448 g/mol. The van der Waals surface area contributed by atoms with Crippen LogP contribution in [0.2, 0.25) is 0 Å². The standard InChI is InChI=1S/C27H32N2O4/c1-18(2)29(19(3)4)26(30)24-15-16-28-17-25(24)27(31,20-7-11-22(32-5)12-8-20)21-9-13-23(33-6)14-10-21/h7-19,31H,1-6H3. The summed E-state index contributed by atoms with van der Waals surface area (Å²) in [6.45, 7) is 7.94. The largest absolute Gasteiger partial charge is 0.497 e. The van der Waals surface area contributed by atoms with Gasteiger partial charge in [0, 0.05) is 35.6 Å². The highest BCUT2D eigenvalue weighted by Gasteiger charge is 2.38. The molecule has 0 aliphatic carbocycles. The Morgan fingerprint density at radius 2 is 1.30 bits per heavy atom.